The van der Waals surface area contributed by atoms with Gasteiger partial charge in [-0.25, -0.2) is 0 Å². The van der Waals surface area contributed by atoms with Gasteiger partial charge >= 0.3 is 0 Å². The lowest BCUT2D eigenvalue weighted by Gasteiger charge is -2.05. The molecule has 17 heavy (non-hydrogen) atoms. The molecule has 0 unspecified atom stereocenters. The number of hydrogen-bond donors (Lipinski definition) is 2. The molecule has 0 aliphatic rings. The molecule has 0 atom stereocenters. The summed E-state index contributed by atoms with van der Waals surface area (Å²) in [7, 11) is 0. The first-order valence-electron chi connectivity index (χ1n) is 5.46. The standard InChI is InChI=1S/C15H14O2/c16-11-14(12-6-2-1-3-7-12)10-13-8-4-5-9-15(13)17/h1-10,16-17H,11H2/b14-10+. The Morgan fingerprint density at radius 1 is 0.941 bits per heavy atom. The van der Waals surface area contributed by atoms with E-state index in [1.165, 1.54) is 0 Å². The lowest BCUT2D eigenvalue weighted by atomic mass is 10.0. The first-order chi connectivity index (χ1) is 8.31. The number of hydrogen-bond acceptors (Lipinski definition) is 2. The molecule has 0 bridgehead atoms. The molecule has 0 saturated heterocycles. The fourth-order valence-corrected chi connectivity index (χ4v) is 1.67. The minimum absolute atomic E-state index is 0.0572. The lowest BCUT2D eigenvalue weighted by Crippen LogP contribution is -1.90. The third-order valence-corrected chi connectivity index (χ3v) is 2.58. The molecule has 0 heterocycles. The van der Waals surface area contributed by atoms with Gasteiger partial charge in [-0.3, -0.25) is 0 Å². The fourth-order valence-electron chi connectivity index (χ4n) is 1.67. The van der Waals surface area contributed by atoms with Crippen LogP contribution >= 0.6 is 0 Å². The van der Waals surface area contributed by atoms with Crippen LogP contribution in [0.25, 0.3) is 11.6 Å². The van der Waals surface area contributed by atoms with Gasteiger partial charge in [0.2, 0.25) is 0 Å². The summed E-state index contributed by atoms with van der Waals surface area (Å²) >= 11 is 0. The third-order valence-electron chi connectivity index (χ3n) is 2.58. The first kappa shape index (κ1) is 11.4. The maximum absolute atomic E-state index is 9.68. The highest BCUT2D eigenvalue weighted by Crippen LogP contribution is 2.23. The first-order valence-corrected chi connectivity index (χ1v) is 5.46. The number of benzene rings is 2. The Balaban J connectivity index is 2.40. The van der Waals surface area contributed by atoms with Crippen molar-refractivity contribution in [3.8, 4) is 5.75 Å². The van der Waals surface area contributed by atoms with E-state index >= 15 is 0 Å². The van der Waals surface area contributed by atoms with Crippen LogP contribution in [0.1, 0.15) is 11.1 Å². The van der Waals surface area contributed by atoms with Crippen LogP contribution in [-0.4, -0.2) is 16.8 Å². The zero-order valence-corrected chi connectivity index (χ0v) is 9.38. The van der Waals surface area contributed by atoms with Gasteiger partial charge in [0.25, 0.3) is 0 Å². The second-order valence-electron chi connectivity index (χ2n) is 3.75. The number of phenols is 1. The molecule has 86 valence electrons. The molecular formula is C15H14O2. The summed E-state index contributed by atoms with van der Waals surface area (Å²) in [5, 5.41) is 19.1. The van der Waals surface area contributed by atoms with Crippen molar-refractivity contribution in [2.24, 2.45) is 0 Å². The maximum Gasteiger partial charge on any atom is 0.122 e. The quantitative estimate of drug-likeness (QED) is 0.790. The van der Waals surface area contributed by atoms with Gasteiger partial charge in [0.15, 0.2) is 0 Å². The summed E-state index contributed by atoms with van der Waals surface area (Å²) in [5.41, 5.74) is 2.45. The molecule has 0 saturated carbocycles. The molecule has 2 nitrogen and oxygen atoms in total. The highest BCUT2D eigenvalue weighted by Gasteiger charge is 2.02. The molecule has 0 fully saturated rings. The van der Waals surface area contributed by atoms with Gasteiger partial charge in [-0.2, -0.15) is 0 Å². The van der Waals surface area contributed by atoms with Gasteiger partial charge < -0.3 is 10.2 Å². The van der Waals surface area contributed by atoms with Gasteiger partial charge in [0.05, 0.1) is 6.61 Å². The Hall–Kier alpha value is -2.06. The van der Waals surface area contributed by atoms with Crippen LogP contribution in [0.2, 0.25) is 0 Å². The molecule has 0 amide bonds. The van der Waals surface area contributed by atoms with Crippen LogP contribution in [0.5, 0.6) is 5.75 Å². The zero-order chi connectivity index (χ0) is 12.1. The molecule has 2 N–H and O–H groups in total. The molecule has 2 aromatic carbocycles. The monoisotopic (exact) mass is 226 g/mol. The van der Waals surface area contributed by atoms with E-state index in [0.29, 0.717) is 5.56 Å². The number of rotatable bonds is 3. The van der Waals surface area contributed by atoms with Gasteiger partial charge in [-0.1, -0.05) is 48.5 Å². The minimum atomic E-state index is -0.0572. The normalized spacial score (nSPS) is 11.5. The third kappa shape index (κ3) is 2.74. The van der Waals surface area contributed by atoms with Crippen LogP contribution in [0.15, 0.2) is 54.6 Å². The van der Waals surface area contributed by atoms with E-state index in [-0.39, 0.29) is 12.4 Å². The second-order valence-corrected chi connectivity index (χ2v) is 3.75. The summed E-state index contributed by atoms with van der Waals surface area (Å²) in [4.78, 5) is 0. The van der Waals surface area contributed by atoms with Crippen molar-refractivity contribution < 1.29 is 10.2 Å². The summed E-state index contributed by atoms with van der Waals surface area (Å²) in [5.74, 6) is 0.217. The molecule has 2 heteroatoms. The van der Waals surface area contributed by atoms with Crippen molar-refractivity contribution in [1.82, 2.24) is 0 Å². The highest BCUT2D eigenvalue weighted by atomic mass is 16.3. The number of aliphatic hydroxyl groups excluding tert-OH is 1. The van der Waals surface area contributed by atoms with Gasteiger partial charge in [0.1, 0.15) is 5.75 Å². The van der Waals surface area contributed by atoms with E-state index in [0.717, 1.165) is 11.1 Å². The molecule has 0 radical (unpaired) electrons. The Morgan fingerprint density at radius 2 is 1.59 bits per heavy atom. The van der Waals surface area contributed by atoms with Gasteiger partial charge in [-0.05, 0) is 23.3 Å². The van der Waals surface area contributed by atoms with E-state index in [1.807, 2.05) is 42.5 Å². The van der Waals surface area contributed by atoms with E-state index in [4.69, 9.17) is 0 Å². The molecule has 0 aliphatic carbocycles. The molecular weight excluding hydrogens is 212 g/mol. The van der Waals surface area contributed by atoms with Crippen molar-refractivity contribution in [3.05, 3.63) is 65.7 Å². The molecule has 0 aliphatic heterocycles. The number of phenolic OH excluding ortho intramolecular Hbond substituents is 1. The Morgan fingerprint density at radius 3 is 2.24 bits per heavy atom. The Bertz CT molecular complexity index is 515. The highest BCUT2D eigenvalue weighted by molar-refractivity contribution is 5.83. The number of aliphatic hydroxyl groups is 1. The molecule has 2 aromatic rings. The summed E-state index contributed by atoms with van der Waals surface area (Å²) in [6.07, 6.45) is 1.80. The predicted molar refractivity (Wildman–Crippen MR) is 69.5 cm³/mol. The Kier molecular flexibility index (Phi) is 3.58. The molecule has 2 rings (SSSR count). The van der Waals surface area contributed by atoms with Crippen molar-refractivity contribution in [2.75, 3.05) is 6.61 Å². The summed E-state index contributed by atoms with van der Waals surface area (Å²) in [6.45, 7) is -0.0572. The largest absolute Gasteiger partial charge is 0.507 e. The van der Waals surface area contributed by atoms with Gasteiger partial charge in [0, 0.05) is 5.56 Å². The van der Waals surface area contributed by atoms with Crippen LogP contribution in [0.3, 0.4) is 0 Å². The predicted octanol–water partition coefficient (Wildman–Crippen LogP) is 2.93. The second kappa shape index (κ2) is 5.32. The van der Waals surface area contributed by atoms with Crippen LogP contribution < -0.4 is 0 Å². The average Bonchev–Trinajstić information content (AvgIpc) is 2.39. The van der Waals surface area contributed by atoms with Crippen LogP contribution in [-0.2, 0) is 0 Å². The van der Waals surface area contributed by atoms with Crippen LogP contribution in [0.4, 0.5) is 0 Å². The van der Waals surface area contributed by atoms with Gasteiger partial charge in [-0.15, -0.1) is 0 Å². The number of aromatic hydroxyl groups is 1. The lowest BCUT2D eigenvalue weighted by molar-refractivity contribution is 0.350. The number of para-hydroxylation sites is 1. The van der Waals surface area contributed by atoms with Crippen molar-refractivity contribution in [2.45, 2.75) is 0 Å². The fraction of sp³-hybridized carbons (Fsp3) is 0.0667. The van der Waals surface area contributed by atoms with Crippen LogP contribution in [0, 0.1) is 0 Å². The SMILES string of the molecule is OC/C(=C\c1ccccc1O)c1ccccc1. The van der Waals surface area contributed by atoms with Crippen molar-refractivity contribution in [1.29, 1.82) is 0 Å². The molecule has 0 aromatic heterocycles. The maximum atomic E-state index is 9.68. The van der Waals surface area contributed by atoms with Crippen molar-refractivity contribution in [3.63, 3.8) is 0 Å². The van der Waals surface area contributed by atoms with E-state index < -0.39 is 0 Å². The zero-order valence-electron chi connectivity index (χ0n) is 9.38. The smallest absolute Gasteiger partial charge is 0.122 e. The summed E-state index contributed by atoms with van der Waals surface area (Å²) < 4.78 is 0. The molecule has 0 spiro atoms. The van der Waals surface area contributed by atoms with E-state index in [9.17, 15) is 10.2 Å². The topological polar surface area (TPSA) is 40.5 Å². The van der Waals surface area contributed by atoms with E-state index in [1.54, 1.807) is 18.2 Å². The van der Waals surface area contributed by atoms with Crippen molar-refractivity contribution >= 4 is 11.6 Å². The average molecular weight is 226 g/mol. The summed E-state index contributed by atoms with van der Waals surface area (Å²) in [6, 6.07) is 16.7. The Labute approximate surface area is 100 Å². The van der Waals surface area contributed by atoms with E-state index in [2.05, 4.69) is 0 Å². The minimum Gasteiger partial charge on any atom is -0.507 e.